The molecule has 1 N–H and O–H groups in total. The largest absolute Gasteiger partial charge is 0.380 e. The third-order valence-corrected chi connectivity index (χ3v) is 3.62. The van der Waals surface area contributed by atoms with Crippen molar-refractivity contribution in [3.05, 3.63) is 71.4 Å². The van der Waals surface area contributed by atoms with Crippen molar-refractivity contribution in [2.24, 2.45) is 0 Å². The van der Waals surface area contributed by atoms with Gasteiger partial charge in [-0.2, -0.15) is 0 Å². The van der Waals surface area contributed by atoms with Gasteiger partial charge in [-0.1, -0.05) is 29.8 Å². The Morgan fingerprint density at radius 2 is 1.90 bits per heavy atom. The number of nitrogens with one attached hydrogen (secondary N) is 1. The van der Waals surface area contributed by atoms with Crippen LogP contribution in [-0.4, -0.2) is 4.98 Å². The minimum Gasteiger partial charge on any atom is -0.380 e. The molecule has 0 aliphatic heterocycles. The Morgan fingerprint density at radius 3 is 2.80 bits per heavy atom. The highest BCUT2D eigenvalue weighted by atomic mass is 14.9. The van der Waals surface area contributed by atoms with Crippen LogP contribution in [0.3, 0.4) is 0 Å². The average Bonchev–Trinajstić information content (AvgIpc) is 2.48. The summed E-state index contributed by atoms with van der Waals surface area (Å²) in [7, 11) is 0. The van der Waals surface area contributed by atoms with Crippen molar-refractivity contribution in [3.63, 3.8) is 0 Å². The number of hydrogen-bond donors (Lipinski definition) is 1. The van der Waals surface area contributed by atoms with Crippen LogP contribution in [-0.2, 0) is 6.54 Å². The summed E-state index contributed by atoms with van der Waals surface area (Å²) in [6, 6.07) is 16.8. The number of hydrogen-bond acceptors (Lipinski definition) is 2. The van der Waals surface area contributed by atoms with E-state index in [0.717, 1.165) is 17.7 Å². The summed E-state index contributed by atoms with van der Waals surface area (Å²) in [5.74, 6) is 0. The third-order valence-electron chi connectivity index (χ3n) is 3.62. The third kappa shape index (κ3) is 2.50. The smallest absolute Gasteiger partial charge is 0.0722 e. The number of nitrogens with zero attached hydrogens (tertiary/aromatic N) is 1. The summed E-state index contributed by atoms with van der Waals surface area (Å²) >= 11 is 0. The fourth-order valence-corrected chi connectivity index (χ4v) is 2.44. The van der Waals surface area contributed by atoms with Gasteiger partial charge in [0.15, 0.2) is 0 Å². The molecule has 0 aliphatic rings. The zero-order valence-corrected chi connectivity index (χ0v) is 11.9. The molecule has 2 heteroatoms. The van der Waals surface area contributed by atoms with Gasteiger partial charge in [-0.25, -0.2) is 0 Å². The molecule has 0 radical (unpaired) electrons. The lowest BCUT2D eigenvalue weighted by atomic mass is 10.1. The zero-order chi connectivity index (χ0) is 13.9. The lowest BCUT2D eigenvalue weighted by Crippen LogP contribution is -2.02. The van der Waals surface area contributed by atoms with Crippen molar-refractivity contribution in [3.8, 4) is 0 Å². The number of benzene rings is 2. The van der Waals surface area contributed by atoms with E-state index in [2.05, 4.69) is 54.5 Å². The Labute approximate surface area is 119 Å². The van der Waals surface area contributed by atoms with Gasteiger partial charge in [-0.3, -0.25) is 4.98 Å². The maximum Gasteiger partial charge on any atom is 0.0722 e. The van der Waals surface area contributed by atoms with E-state index < -0.39 is 0 Å². The minimum atomic E-state index is 0.835. The van der Waals surface area contributed by atoms with Crippen LogP contribution in [0, 0.1) is 13.8 Å². The SMILES string of the molecule is Cc1ccc(C)c(CNc2cccc3ncccc23)c1. The summed E-state index contributed by atoms with van der Waals surface area (Å²) < 4.78 is 0. The summed E-state index contributed by atoms with van der Waals surface area (Å²) in [5, 5.41) is 4.70. The van der Waals surface area contributed by atoms with Crippen LogP contribution in [0.1, 0.15) is 16.7 Å². The number of rotatable bonds is 3. The molecular formula is C18H18N2. The number of pyridine rings is 1. The molecule has 0 atom stereocenters. The lowest BCUT2D eigenvalue weighted by molar-refractivity contribution is 1.11. The van der Waals surface area contributed by atoms with Crippen molar-refractivity contribution in [2.45, 2.75) is 20.4 Å². The normalized spacial score (nSPS) is 10.7. The van der Waals surface area contributed by atoms with Crippen molar-refractivity contribution >= 4 is 16.6 Å². The van der Waals surface area contributed by atoms with E-state index in [-0.39, 0.29) is 0 Å². The predicted molar refractivity (Wildman–Crippen MR) is 85.0 cm³/mol. The molecule has 0 saturated heterocycles. The fraction of sp³-hybridized carbons (Fsp3) is 0.167. The Balaban J connectivity index is 1.89. The molecule has 0 spiro atoms. The molecule has 2 nitrogen and oxygen atoms in total. The molecule has 2 aromatic carbocycles. The van der Waals surface area contributed by atoms with Crippen molar-refractivity contribution < 1.29 is 0 Å². The number of anilines is 1. The first-order valence-electron chi connectivity index (χ1n) is 6.88. The van der Waals surface area contributed by atoms with Gasteiger partial charge in [-0.05, 0) is 49.2 Å². The summed E-state index contributed by atoms with van der Waals surface area (Å²) in [5.41, 5.74) is 6.12. The zero-order valence-electron chi connectivity index (χ0n) is 11.9. The highest BCUT2D eigenvalue weighted by Crippen LogP contribution is 2.22. The van der Waals surface area contributed by atoms with Crippen molar-refractivity contribution in [2.75, 3.05) is 5.32 Å². The molecule has 0 aliphatic carbocycles. The van der Waals surface area contributed by atoms with Crippen LogP contribution in [0.2, 0.25) is 0 Å². The van der Waals surface area contributed by atoms with Crippen molar-refractivity contribution in [1.29, 1.82) is 0 Å². The van der Waals surface area contributed by atoms with Gasteiger partial charge in [0.2, 0.25) is 0 Å². The number of aryl methyl sites for hydroxylation is 2. The Kier molecular flexibility index (Phi) is 3.38. The van der Waals surface area contributed by atoms with Gasteiger partial charge in [0.1, 0.15) is 0 Å². The molecule has 3 aromatic rings. The van der Waals surface area contributed by atoms with E-state index in [0.29, 0.717) is 0 Å². The molecule has 0 fully saturated rings. The highest BCUT2D eigenvalue weighted by molar-refractivity contribution is 5.91. The van der Waals surface area contributed by atoms with E-state index in [9.17, 15) is 0 Å². The monoisotopic (exact) mass is 262 g/mol. The topological polar surface area (TPSA) is 24.9 Å². The maximum absolute atomic E-state index is 4.39. The van der Waals surface area contributed by atoms with Crippen molar-refractivity contribution in [1.82, 2.24) is 4.98 Å². The van der Waals surface area contributed by atoms with Gasteiger partial charge in [0.25, 0.3) is 0 Å². The van der Waals surface area contributed by atoms with Crippen LogP contribution in [0.4, 0.5) is 5.69 Å². The van der Waals surface area contributed by atoms with E-state index >= 15 is 0 Å². The van der Waals surface area contributed by atoms with Crippen LogP contribution in [0.15, 0.2) is 54.7 Å². The molecule has 0 amide bonds. The highest BCUT2D eigenvalue weighted by Gasteiger charge is 2.02. The standard InChI is InChI=1S/C18H18N2/c1-13-8-9-14(2)15(11-13)12-20-18-7-3-6-17-16(18)5-4-10-19-17/h3-11,20H,12H2,1-2H3. The molecule has 20 heavy (non-hydrogen) atoms. The van der Waals surface area contributed by atoms with E-state index in [1.54, 1.807) is 0 Å². The first kappa shape index (κ1) is 12.7. The first-order chi connectivity index (χ1) is 9.74. The summed E-state index contributed by atoms with van der Waals surface area (Å²) in [6.45, 7) is 5.12. The molecule has 0 unspecified atom stereocenters. The van der Waals surface area contributed by atoms with Crippen LogP contribution < -0.4 is 5.32 Å². The first-order valence-corrected chi connectivity index (χ1v) is 6.88. The molecule has 0 bridgehead atoms. The van der Waals surface area contributed by atoms with Crippen LogP contribution in [0.5, 0.6) is 0 Å². The molecule has 100 valence electrons. The Hall–Kier alpha value is -2.35. The molecular weight excluding hydrogens is 244 g/mol. The number of fused-ring (bicyclic) bond motifs is 1. The van der Waals surface area contributed by atoms with Crippen LogP contribution >= 0.6 is 0 Å². The Bertz CT molecular complexity index is 742. The molecule has 1 aromatic heterocycles. The maximum atomic E-state index is 4.39. The van der Waals surface area contributed by atoms with Gasteiger partial charge < -0.3 is 5.32 Å². The van der Waals surface area contributed by atoms with E-state index in [1.807, 2.05) is 24.4 Å². The summed E-state index contributed by atoms with van der Waals surface area (Å²) in [6.07, 6.45) is 1.83. The molecule has 1 heterocycles. The fourth-order valence-electron chi connectivity index (χ4n) is 2.44. The lowest BCUT2D eigenvalue weighted by Gasteiger charge is -2.12. The average molecular weight is 262 g/mol. The second kappa shape index (κ2) is 5.33. The van der Waals surface area contributed by atoms with E-state index in [4.69, 9.17) is 0 Å². The van der Waals surface area contributed by atoms with Crippen LogP contribution in [0.25, 0.3) is 10.9 Å². The van der Waals surface area contributed by atoms with E-state index in [1.165, 1.54) is 22.1 Å². The van der Waals surface area contributed by atoms with Gasteiger partial charge in [-0.15, -0.1) is 0 Å². The summed E-state index contributed by atoms with van der Waals surface area (Å²) in [4.78, 5) is 4.39. The second-order valence-electron chi connectivity index (χ2n) is 5.16. The molecule has 3 rings (SSSR count). The quantitative estimate of drug-likeness (QED) is 0.753. The Morgan fingerprint density at radius 1 is 1.00 bits per heavy atom. The molecule has 0 saturated carbocycles. The predicted octanol–water partition coefficient (Wildman–Crippen LogP) is 4.46. The minimum absolute atomic E-state index is 0.835. The van der Waals surface area contributed by atoms with Gasteiger partial charge in [0, 0.05) is 23.8 Å². The second-order valence-corrected chi connectivity index (χ2v) is 5.16. The van der Waals surface area contributed by atoms with Gasteiger partial charge >= 0.3 is 0 Å². The number of aromatic nitrogens is 1. The van der Waals surface area contributed by atoms with Gasteiger partial charge in [0.05, 0.1) is 5.52 Å².